The standard InChI is InChI=1S/C13H19FO2/c1-4-9(2)11(15)8-10-6-5-7-12(16-3)13(10)14/h5-7,9,11,15H,4,8H2,1-3H3. The number of rotatable bonds is 5. The van der Waals surface area contributed by atoms with Crippen LogP contribution in [0, 0.1) is 11.7 Å². The van der Waals surface area contributed by atoms with Crippen molar-refractivity contribution in [3.8, 4) is 5.75 Å². The van der Waals surface area contributed by atoms with Gasteiger partial charge in [-0.25, -0.2) is 4.39 Å². The second kappa shape index (κ2) is 5.85. The lowest BCUT2D eigenvalue weighted by Crippen LogP contribution is -2.20. The van der Waals surface area contributed by atoms with Gasteiger partial charge in [-0.05, 0) is 17.5 Å². The fourth-order valence-corrected chi connectivity index (χ4v) is 1.57. The second-order valence-corrected chi connectivity index (χ2v) is 4.09. The minimum Gasteiger partial charge on any atom is -0.494 e. The van der Waals surface area contributed by atoms with Gasteiger partial charge in [-0.15, -0.1) is 0 Å². The van der Waals surface area contributed by atoms with Crippen molar-refractivity contribution in [3.63, 3.8) is 0 Å². The highest BCUT2D eigenvalue weighted by molar-refractivity contribution is 5.31. The van der Waals surface area contributed by atoms with Crippen LogP contribution in [-0.2, 0) is 6.42 Å². The molecule has 2 atom stereocenters. The maximum atomic E-state index is 13.8. The summed E-state index contributed by atoms with van der Waals surface area (Å²) in [6.45, 7) is 3.97. The summed E-state index contributed by atoms with van der Waals surface area (Å²) in [7, 11) is 1.44. The molecule has 0 spiro atoms. The lowest BCUT2D eigenvalue weighted by atomic mass is 9.95. The van der Waals surface area contributed by atoms with Gasteiger partial charge in [0, 0.05) is 6.42 Å². The lowest BCUT2D eigenvalue weighted by molar-refractivity contribution is 0.113. The Labute approximate surface area is 96.1 Å². The molecule has 0 fully saturated rings. The Morgan fingerprint density at radius 1 is 1.44 bits per heavy atom. The van der Waals surface area contributed by atoms with E-state index >= 15 is 0 Å². The SMILES string of the molecule is CCC(C)C(O)Cc1cccc(OC)c1F. The number of aliphatic hydroxyl groups is 1. The van der Waals surface area contributed by atoms with Crippen LogP contribution in [0.3, 0.4) is 0 Å². The molecule has 1 rings (SSSR count). The second-order valence-electron chi connectivity index (χ2n) is 4.09. The van der Waals surface area contributed by atoms with Gasteiger partial charge in [0.25, 0.3) is 0 Å². The van der Waals surface area contributed by atoms with Gasteiger partial charge < -0.3 is 9.84 Å². The van der Waals surface area contributed by atoms with E-state index in [1.807, 2.05) is 13.8 Å². The van der Waals surface area contributed by atoms with Crippen molar-refractivity contribution >= 4 is 0 Å². The van der Waals surface area contributed by atoms with Crippen molar-refractivity contribution in [2.75, 3.05) is 7.11 Å². The van der Waals surface area contributed by atoms with Crippen LogP contribution in [0.5, 0.6) is 5.75 Å². The van der Waals surface area contributed by atoms with E-state index in [9.17, 15) is 9.50 Å². The molecule has 0 amide bonds. The molecule has 0 aliphatic carbocycles. The van der Waals surface area contributed by atoms with Gasteiger partial charge in [0.1, 0.15) is 0 Å². The summed E-state index contributed by atoms with van der Waals surface area (Å²) < 4.78 is 18.7. The first-order chi connectivity index (χ1) is 7.60. The van der Waals surface area contributed by atoms with Gasteiger partial charge in [-0.1, -0.05) is 32.4 Å². The predicted octanol–water partition coefficient (Wildman–Crippen LogP) is 2.78. The summed E-state index contributed by atoms with van der Waals surface area (Å²) in [6, 6.07) is 5.00. The summed E-state index contributed by atoms with van der Waals surface area (Å²) in [5, 5.41) is 9.85. The summed E-state index contributed by atoms with van der Waals surface area (Å²) in [4.78, 5) is 0. The Hall–Kier alpha value is -1.09. The highest BCUT2D eigenvalue weighted by atomic mass is 19.1. The molecule has 90 valence electrons. The molecule has 0 heterocycles. The van der Waals surface area contributed by atoms with Crippen molar-refractivity contribution in [3.05, 3.63) is 29.6 Å². The highest BCUT2D eigenvalue weighted by Gasteiger charge is 2.16. The minimum absolute atomic E-state index is 0.172. The van der Waals surface area contributed by atoms with Crippen LogP contribution >= 0.6 is 0 Å². The number of halogens is 1. The van der Waals surface area contributed by atoms with Crippen LogP contribution in [-0.4, -0.2) is 18.3 Å². The maximum absolute atomic E-state index is 13.8. The molecular formula is C13H19FO2. The van der Waals surface area contributed by atoms with Gasteiger partial charge in [0.05, 0.1) is 13.2 Å². The Kier molecular flexibility index (Phi) is 4.74. The Bertz CT molecular complexity index is 339. The van der Waals surface area contributed by atoms with Crippen LogP contribution in [0.25, 0.3) is 0 Å². The third-order valence-electron chi connectivity index (χ3n) is 2.99. The molecule has 3 heteroatoms. The number of benzene rings is 1. The van der Waals surface area contributed by atoms with Gasteiger partial charge in [0.2, 0.25) is 0 Å². The zero-order chi connectivity index (χ0) is 12.1. The minimum atomic E-state index is -0.508. The number of ether oxygens (including phenoxy) is 1. The largest absolute Gasteiger partial charge is 0.494 e. The fraction of sp³-hybridized carbons (Fsp3) is 0.538. The first kappa shape index (κ1) is 13.0. The van der Waals surface area contributed by atoms with E-state index in [-0.39, 0.29) is 17.5 Å². The van der Waals surface area contributed by atoms with E-state index in [1.54, 1.807) is 18.2 Å². The van der Waals surface area contributed by atoms with Crippen molar-refractivity contribution in [2.24, 2.45) is 5.92 Å². The monoisotopic (exact) mass is 226 g/mol. The average Bonchev–Trinajstić information content (AvgIpc) is 2.30. The zero-order valence-electron chi connectivity index (χ0n) is 10.0. The van der Waals surface area contributed by atoms with Crippen LogP contribution < -0.4 is 4.74 Å². The number of hydrogen-bond donors (Lipinski definition) is 1. The first-order valence-corrected chi connectivity index (χ1v) is 5.59. The van der Waals surface area contributed by atoms with Crippen molar-refractivity contribution in [1.29, 1.82) is 0 Å². The van der Waals surface area contributed by atoms with E-state index in [1.165, 1.54) is 7.11 Å². The van der Waals surface area contributed by atoms with Gasteiger partial charge >= 0.3 is 0 Å². The fourth-order valence-electron chi connectivity index (χ4n) is 1.57. The predicted molar refractivity (Wildman–Crippen MR) is 62.1 cm³/mol. The molecule has 1 N–H and O–H groups in total. The van der Waals surface area contributed by atoms with E-state index in [0.29, 0.717) is 12.0 Å². The third kappa shape index (κ3) is 2.95. The van der Waals surface area contributed by atoms with E-state index in [4.69, 9.17) is 4.74 Å². The van der Waals surface area contributed by atoms with Crippen LogP contribution in [0.2, 0.25) is 0 Å². The third-order valence-corrected chi connectivity index (χ3v) is 2.99. The van der Waals surface area contributed by atoms with Crippen LogP contribution in [0.15, 0.2) is 18.2 Å². The molecule has 0 aliphatic heterocycles. The van der Waals surface area contributed by atoms with E-state index in [0.717, 1.165) is 6.42 Å². The summed E-state index contributed by atoms with van der Waals surface area (Å²) in [5.74, 6) is 0.0341. The van der Waals surface area contributed by atoms with Crippen molar-refractivity contribution in [2.45, 2.75) is 32.8 Å². The normalized spacial score (nSPS) is 14.6. The Balaban J connectivity index is 2.81. The molecular weight excluding hydrogens is 207 g/mol. The van der Waals surface area contributed by atoms with E-state index in [2.05, 4.69) is 0 Å². The molecule has 0 saturated carbocycles. The summed E-state index contributed by atoms with van der Waals surface area (Å²) in [5.41, 5.74) is 0.507. The zero-order valence-corrected chi connectivity index (χ0v) is 10.0. The topological polar surface area (TPSA) is 29.5 Å². The highest BCUT2D eigenvalue weighted by Crippen LogP contribution is 2.22. The Morgan fingerprint density at radius 3 is 2.69 bits per heavy atom. The van der Waals surface area contributed by atoms with Crippen LogP contribution in [0.4, 0.5) is 4.39 Å². The molecule has 2 nitrogen and oxygen atoms in total. The molecule has 0 saturated heterocycles. The molecule has 0 bridgehead atoms. The van der Waals surface area contributed by atoms with Gasteiger partial charge in [-0.3, -0.25) is 0 Å². The quantitative estimate of drug-likeness (QED) is 0.836. The summed E-state index contributed by atoms with van der Waals surface area (Å²) in [6.07, 6.45) is 0.705. The number of aliphatic hydroxyl groups excluding tert-OH is 1. The number of methoxy groups -OCH3 is 1. The van der Waals surface area contributed by atoms with Crippen LogP contribution in [0.1, 0.15) is 25.8 Å². The van der Waals surface area contributed by atoms with Gasteiger partial charge in [0.15, 0.2) is 11.6 Å². The number of hydrogen-bond acceptors (Lipinski definition) is 2. The van der Waals surface area contributed by atoms with Crippen molar-refractivity contribution in [1.82, 2.24) is 0 Å². The molecule has 1 aromatic rings. The first-order valence-electron chi connectivity index (χ1n) is 5.59. The average molecular weight is 226 g/mol. The summed E-state index contributed by atoms with van der Waals surface area (Å²) >= 11 is 0. The maximum Gasteiger partial charge on any atom is 0.168 e. The van der Waals surface area contributed by atoms with Crippen molar-refractivity contribution < 1.29 is 14.2 Å². The smallest absolute Gasteiger partial charge is 0.168 e. The molecule has 0 aromatic heterocycles. The molecule has 2 unspecified atom stereocenters. The Morgan fingerprint density at radius 2 is 2.12 bits per heavy atom. The lowest BCUT2D eigenvalue weighted by Gasteiger charge is -2.17. The molecule has 1 aromatic carbocycles. The van der Waals surface area contributed by atoms with Gasteiger partial charge in [-0.2, -0.15) is 0 Å². The molecule has 0 aliphatic rings. The molecule has 0 radical (unpaired) electrons. The van der Waals surface area contributed by atoms with E-state index < -0.39 is 6.10 Å². The molecule has 16 heavy (non-hydrogen) atoms.